The number of carbonyl (C=O) groups is 1. The zero-order valence-corrected chi connectivity index (χ0v) is 12.5. The number of aryl methyl sites for hydroxylation is 2. The first kappa shape index (κ1) is 15.0. The molecule has 8 heteroatoms. The second-order valence-corrected chi connectivity index (χ2v) is 7.02. The Balaban J connectivity index is 2.40. The van der Waals surface area contributed by atoms with Crippen LogP contribution in [0, 0.1) is 19.8 Å². The van der Waals surface area contributed by atoms with Crippen LogP contribution >= 0.6 is 0 Å². The van der Waals surface area contributed by atoms with Crippen LogP contribution in [0.15, 0.2) is 9.42 Å². The third kappa shape index (κ3) is 2.45. The molecular weight excluding hydrogens is 284 g/mol. The molecule has 0 saturated carbocycles. The van der Waals surface area contributed by atoms with Gasteiger partial charge in [0.1, 0.15) is 10.6 Å². The van der Waals surface area contributed by atoms with Crippen LogP contribution in [0.2, 0.25) is 0 Å². The normalized spacial score (nSPS) is 24.8. The van der Waals surface area contributed by atoms with Crippen LogP contribution in [0.1, 0.15) is 31.2 Å². The summed E-state index contributed by atoms with van der Waals surface area (Å²) in [5, 5.41) is 12.8. The van der Waals surface area contributed by atoms with Crippen LogP contribution in [0.3, 0.4) is 0 Å². The molecular formula is C12H18N2O5S. The highest BCUT2D eigenvalue weighted by molar-refractivity contribution is 7.89. The number of hydrogen-bond donors (Lipinski definition) is 1. The molecule has 1 aromatic heterocycles. The molecule has 1 saturated heterocycles. The molecule has 1 fully saturated rings. The molecule has 20 heavy (non-hydrogen) atoms. The van der Waals surface area contributed by atoms with E-state index in [0.29, 0.717) is 18.5 Å². The summed E-state index contributed by atoms with van der Waals surface area (Å²) < 4.78 is 31.6. The van der Waals surface area contributed by atoms with E-state index in [1.54, 1.807) is 13.8 Å². The van der Waals surface area contributed by atoms with Crippen LogP contribution in [-0.4, -0.2) is 41.5 Å². The molecule has 7 nitrogen and oxygen atoms in total. The van der Waals surface area contributed by atoms with Crippen molar-refractivity contribution in [3.63, 3.8) is 0 Å². The Labute approximate surface area is 117 Å². The van der Waals surface area contributed by atoms with Gasteiger partial charge in [-0.05, 0) is 33.6 Å². The first-order valence-electron chi connectivity index (χ1n) is 6.42. The van der Waals surface area contributed by atoms with Crippen molar-refractivity contribution in [2.45, 2.75) is 44.6 Å². The lowest BCUT2D eigenvalue weighted by molar-refractivity contribution is -0.143. The molecule has 0 aromatic carbocycles. The topological polar surface area (TPSA) is 101 Å². The van der Waals surface area contributed by atoms with Crippen molar-refractivity contribution >= 4 is 16.0 Å². The summed E-state index contributed by atoms with van der Waals surface area (Å²) in [4.78, 5) is 11.2. The lowest BCUT2D eigenvalue weighted by atomic mass is 9.96. The quantitative estimate of drug-likeness (QED) is 0.899. The van der Waals surface area contributed by atoms with E-state index in [-0.39, 0.29) is 23.2 Å². The Bertz CT molecular complexity index is 602. The molecule has 1 aromatic rings. The molecule has 0 spiro atoms. The first-order chi connectivity index (χ1) is 9.25. The maximum absolute atomic E-state index is 12.7. The van der Waals surface area contributed by atoms with E-state index in [2.05, 4.69) is 5.16 Å². The van der Waals surface area contributed by atoms with E-state index in [1.165, 1.54) is 11.2 Å². The maximum atomic E-state index is 12.7. The predicted molar refractivity (Wildman–Crippen MR) is 69.7 cm³/mol. The molecule has 2 atom stereocenters. The summed E-state index contributed by atoms with van der Waals surface area (Å²) in [6.45, 7) is 4.87. The SMILES string of the molecule is Cc1noc(C)c1S(=O)(=O)N1CC(C(=O)O)CCC1C. The zero-order valence-electron chi connectivity index (χ0n) is 11.7. The minimum atomic E-state index is -3.78. The summed E-state index contributed by atoms with van der Waals surface area (Å²) in [5.41, 5.74) is 0.298. The van der Waals surface area contributed by atoms with Gasteiger partial charge in [0.25, 0.3) is 0 Å². The van der Waals surface area contributed by atoms with Gasteiger partial charge in [-0.15, -0.1) is 0 Å². The molecule has 0 bridgehead atoms. The zero-order chi connectivity index (χ0) is 15.1. The Morgan fingerprint density at radius 3 is 2.55 bits per heavy atom. The number of rotatable bonds is 3. The molecule has 0 radical (unpaired) electrons. The fourth-order valence-corrected chi connectivity index (χ4v) is 4.57. The number of nitrogens with zero attached hydrogens (tertiary/aromatic N) is 2. The molecule has 2 rings (SSSR count). The van der Waals surface area contributed by atoms with Gasteiger partial charge in [0.05, 0.1) is 5.92 Å². The van der Waals surface area contributed by atoms with Gasteiger partial charge in [0.15, 0.2) is 5.76 Å². The average Bonchev–Trinajstić information content (AvgIpc) is 2.69. The molecule has 1 aliphatic heterocycles. The Hall–Kier alpha value is -1.41. The van der Waals surface area contributed by atoms with Gasteiger partial charge in [-0.3, -0.25) is 4.79 Å². The van der Waals surface area contributed by atoms with Crippen LogP contribution in [0.4, 0.5) is 0 Å². The van der Waals surface area contributed by atoms with Crippen LogP contribution in [0.5, 0.6) is 0 Å². The van der Waals surface area contributed by atoms with Gasteiger partial charge in [0.2, 0.25) is 10.0 Å². The lowest BCUT2D eigenvalue weighted by Gasteiger charge is -2.35. The maximum Gasteiger partial charge on any atom is 0.307 e. The Morgan fingerprint density at radius 2 is 2.05 bits per heavy atom. The van der Waals surface area contributed by atoms with Crippen molar-refractivity contribution < 1.29 is 22.8 Å². The van der Waals surface area contributed by atoms with E-state index in [1.807, 2.05) is 0 Å². The van der Waals surface area contributed by atoms with Gasteiger partial charge >= 0.3 is 5.97 Å². The van der Waals surface area contributed by atoms with Gasteiger partial charge in [-0.25, -0.2) is 8.42 Å². The third-order valence-electron chi connectivity index (χ3n) is 3.71. The van der Waals surface area contributed by atoms with Crippen LogP contribution in [0.25, 0.3) is 0 Å². The summed E-state index contributed by atoms with van der Waals surface area (Å²) in [6, 6.07) is -0.232. The third-order valence-corrected chi connectivity index (χ3v) is 5.93. The highest BCUT2D eigenvalue weighted by Crippen LogP contribution is 2.30. The number of piperidine rings is 1. The number of carboxylic acids is 1. The van der Waals surface area contributed by atoms with Gasteiger partial charge in [-0.1, -0.05) is 5.16 Å². The molecule has 112 valence electrons. The molecule has 2 heterocycles. The highest BCUT2D eigenvalue weighted by atomic mass is 32.2. The number of aromatic nitrogens is 1. The van der Waals surface area contributed by atoms with E-state index in [9.17, 15) is 13.2 Å². The summed E-state index contributed by atoms with van der Waals surface area (Å²) >= 11 is 0. The second-order valence-electron chi connectivity index (χ2n) is 5.19. The molecule has 0 amide bonds. The monoisotopic (exact) mass is 302 g/mol. The first-order valence-corrected chi connectivity index (χ1v) is 7.86. The smallest absolute Gasteiger partial charge is 0.307 e. The number of hydrogen-bond acceptors (Lipinski definition) is 5. The van der Waals surface area contributed by atoms with Crippen molar-refractivity contribution in [2.24, 2.45) is 5.92 Å². The van der Waals surface area contributed by atoms with Crippen molar-refractivity contribution in [2.75, 3.05) is 6.54 Å². The minimum absolute atomic E-state index is 0.0110. The summed E-state index contributed by atoms with van der Waals surface area (Å²) in [6.07, 6.45) is 1.02. The van der Waals surface area contributed by atoms with Crippen molar-refractivity contribution in [1.29, 1.82) is 0 Å². The largest absolute Gasteiger partial charge is 0.481 e. The fraction of sp³-hybridized carbons (Fsp3) is 0.667. The minimum Gasteiger partial charge on any atom is -0.481 e. The van der Waals surface area contributed by atoms with Gasteiger partial charge < -0.3 is 9.63 Å². The van der Waals surface area contributed by atoms with E-state index < -0.39 is 21.9 Å². The van der Waals surface area contributed by atoms with E-state index in [0.717, 1.165) is 0 Å². The van der Waals surface area contributed by atoms with Crippen LogP contribution < -0.4 is 0 Å². The van der Waals surface area contributed by atoms with Crippen LogP contribution in [-0.2, 0) is 14.8 Å². The van der Waals surface area contributed by atoms with E-state index >= 15 is 0 Å². The number of carboxylic acid groups (broad SMARTS) is 1. The molecule has 1 N–H and O–H groups in total. The summed E-state index contributed by atoms with van der Waals surface area (Å²) in [7, 11) is -3.78. The predicted octanol–water partition coefficient (Wildman–Crippen LogP) is 1.17. The Kier molecular flexibility index (Phi) is 3.88. The van der Waals surface area contributed by atoms with E-state index in [4.69, 9.17) is 9.63 Å². The molecule has 0 aliphatic carbocycles. The highest BCUT2D eigenvalue weighted by Gasteiger charge is 2.39. The van der Waals surface area contributed by atoms with Gasteiger partial charge in [0, 0.05) is 12.6 Å². The second kappa shape index (κ2) is 5.17. The Morgan fingerprint density at radius 1 is 1.40 bits per heavy atom. The number of sulfonamides is 1. The van der Waals surface area contributed by atoms with Crippen molar-refractivity contribution in [3.05, 3.63) is 11.5 Å². The van der Waals surface area contributed by atoms with Crippen molar-refractivity contribution in [3.8, 4) is 0 Å². The standard InChI is InChI=1S/C12H18N2O5S/c1-7-4-5-10(12(15)16)6-14(7)20(17,18)11-8(2)13-19-9(11)3/h7,10H,4-6H2,1-3H3,(H,15,16). The molecule has 2 unspecified atom stereocenters. The molecule has 1 aliphatic rings. The van der Waals surface area contributed by atoms with Gasteiger partial charge in [-0.2, -0.15) is 4.31 Å². The number of aliphatic carboxylic acids is 1. The van der Waals surface area contributed by atoms with Crippen molar-refractivity contribution in [1.82, 2.24) is 9.46 Å². The summed E-state index contributed by atoms with van der Waals surface area (Å²) in [5.74, 6) is -1.40. The fourth-order valence-electron chi connectivity index (χ4n) is 2.57. The average molecular weight is 302 g/mol. The lowest BCUT2D eigenvalue weighted by Crippen LogP contribution is -2.47.